The zero-order valence-electron chi connectivity index (χ0n) is 17.5. The number of hydrogen-bond acceptors (Lipinski definition) is 5. The number of amides is 3. The summed E-state index contributed by atoms with van der Waals surface area (Å²) in [4.78, 5) is 47.1. The van der Waals surface area contributed by atoms with Crippen molar-refractivity contribution in [1.82, 2.24) is 21.3 Å². The molecular weight excluding hydrogens is 376 g/mol. The maximum absolute atomic E-state index is 12.8. The molecule has 2 rings (SSSR count). The van der Waals surface area contributed by atoms with Gasteiger partial charge in [-0.15, -0.1) is 0 Å². The summed E-state index contributed by atoms with van der Waals surface area (Å²) in [5, 5.41) is 20.3. The average Bonchev–Trinajstić information content (AvgIpc) is 3.35. The van der Waals surface area contributed by atoms with Crippen LogP contribution in [0.25, 0.3) is 0 Å². The Labute approximate surface area is 171 Å². The second-order valence-electron chi connectivity index (χ2n) is 9.30. The molecule has 1 aliphatic carbocycles. The van der Waals surface area contributed by atoms with Gasteiger partial charge in [-0.2, -0.15) is 0 Å². The van der Waals surface area contributed by atoms with Gasteiger partial charge in [0.25, 0.3) is 0 Å². The molecule has 0 radical (unpaired) electrons. The lowest BCUT2D eigenvalue weighted by Crippen LogP contribution is -2.57. The van der Waals surface area contributed by atoms with Gasteiger partial charge in [0.1, 0.15) is 12.3 Å². The Hall–Kier alpha value is -2.16. The first kappa shape index (κ1) is 23.1. The SMILES string of the molecule is CC(C)(C)C(NC(=O)O)C(=O)NC(CNC(C=O)CC1CCNC1=O)CC1CC1. The van der Waals surface area contributed by atoms with Gasteiger partial charge in [0.2, 0.25) is 11.8 Å². The minimum absolute atomic E-state index is 0.0192. The lowest BCUT2D eigenvalue weighted by molar-refractivity contribution is -0.126. The molecule has 0 bridgehead atoms. The van der Waals surface area contributed by atoms with Gasteiger partial charge in [-0.25, -0.2) is 4.79 Å². The van der Waals surface area contributed by atoms with Crippen LogP contribution in [-0.2, 0) is 14.4 Å². The van der Waals surface area contributed by atoms with Crippen molar-refractivity contribution < 1.29 is 24.3 Å². The van der Waals surface area contributed by atoms with Crippen molar-refractivity contribution in [2.45, 2.75) is 71.0 Å². The van der Waals surface area contributed by atoms with Crippen LogP contribution in [0.2, 0.25) is 0 Å². The third-order valence-corrected chi connectivity index (χ3v) is 5.55. The van der Waals surface area contributed by atoms with E-state index in [9.17, 15) is 19.2 Å². The molecule has 4 atom stereocenters. The zero-order chi connectivity index (χ0) is 21.6. The van der Waals surface area contributed by atoms with Gasteiger partial charge in [0.05, 0.1) is 6.04 Å². The van der Waals surface area contributed by atoms with Crippen molar-refractivity contribution in [1.29, 1.82) is 0 Å². The van der Waals surface area contributed by atoms with Crippen molar-refractivity contribution in [3.8, 4) is 0 Å². The second-order valence-corrected chi connectivity index (χ2v) is 9.30. The number of hydrogen-bond donors (Lipinski definition) is 5. The van der Waals surface area contributed by atoms with E-state index < -0.39 is 23.6 Å². The summed E-state index contributed by atoms with van der Waals surface area (Å²) in [6.45, 7) is 6.44. The van der Waals surface area contributed by atoms with Gasteiger partial charge < -0.3 is 31.2 Å². The Morgan fingerprint density at radius 3 is 2.38 bits per heavy atom. The smallest absolute Gasteiger partial charge is 0.405 e. The summed E-state index contributed by atoms with van der Waals surface area (Å²) in [6.07, 6.45) is 3.73. The predicted octanol–water partition coefficient (Wildman–Crippen LogP) is 0.637. The fourth-order valence-electron chi connectivity index (χ4n) is 3.69. The topological polar surface area (TPSA) is 137 Å². The Balaban J connectivity index is 1.94. The highest BCUT2D eigenvalue weighted by Gasteiger charge is 2.35. The summed E-state index contributed by atoms with van der Waals surface area (Å²) in [7, 11) is 0. The number of nitrogens with one attached hydrogen (secondary N) is 4. The molecule has 1 heterocycles. The summed E-state index contributed by atoms with van der Waals surface area (Å²) >= 11 is 0. The van der Waals surface area contributed by atoms with Gasteiger partial charge in [0.15, 0.2) is 0 Å². The highest BCUT2D eigenvalue weighted by Crippen LogP contribution is 2.33. The Kier molecular flexibility index (Phi) is 8.01. The predicted molar refractivity (Wildman–Crippen MR) is 107 cm³/mol. The lowest BCUT2D eigenvalue weighted by atomic mass is 9.86. The molecule has 4 unspecified atom stereocenters. The third kappa shape index (κ3) is 7.64. The quantitative estimate of drug-likeness (QED) is 0.317. The van der Waals surface area contributed by atoms with Crippen LogP contribution in [0.1, 0.15) is 52.9 Å². The summed E-state index contributed by atoms with van der Waals surface area (Å²) in [6, 6.07) is -1.56. The Morgan fingerprint density at radius 1 is 1.21 bits per heavy atom. The van der Waals surface area contributed by atoms with Gasteiger partial charge in [-0.3, -0.25) is 9.59 Å². The maximum Gasteiger partial charge on any atom is 0.405 e. The van der Waals surface area contributed by atoms with Crippen LogP contribution < -0.4 is 21.3 Å². The van der Waals surface area contributed by atoms with Crippen LogP contribution in [0.15, 0.2) is 0 Å². The number of carbonyl (C=O) groups excluding carboxylic acids is 3. The molecular formula is C20H34N4O5. The third-order valence-electron chi connectivity index (χ3n) is 5.55. The Morgan fingerprint density at radius 2 is 1.90 bits per heavy atom. The van der Waals surface area contributed by atoms with Crippen molar-refractivity contribution in [2.75, 3.05) is 13.1 Å². The van der Waals surface area contributed by atoms with Crippen molar-refractivity contribution >= 4 is 24.2 Å². The van der Waals surface area contributed by atoms with Crippen LogP contribution in [0.3, 0.4) is 0 Å². The molecule has 0 aromatic rings. The van der Waals surface area contributed by atoms with E-state index in [2.05, 4.69) is 21.3 Å². The average molecular weight is 411 g/mol. The first-order valence-electron chi connectivity index (χ1n) is 10.4. The largest absolute Gasteiger partial charge is 0.465 e. The molecule has 9 nitrogen and oxygen atoms in total. The molecule has 3 amide bonds. The van der Waals surface area contributed by atoms with Gasteiger partial charge >= 0.3 is 6.09 Å². The van der Waals surface area contributed by atoms with Gasteiger partial charge in [-0.05, 0) is 30.6 Å². The van der Waals surface area contributed by atoms with E-state index in [1.54, 1.807) is 20.8 Å². The van der Waals surface area contributed by atoms with Gasteiger partial charge in [-0.1, -0.05) is 33.6 Å². The molecule has 5 N–H and O–H groups in total. The highest BCUT2D eigenvalue weighted by atomic mass is 16.4. The summed E-state index contributed by atoms with van der Waals surface area (Å²) < 4.78 is 0. The van der Waals surface area contributed by atoms with E-state index in [-0.39, 0.29) is 23.8 Å². The first-order valence-corrected chi connectivity index (χ1v) is 10.4. The minimum atomic E-state index is -1.24. The fraction of sp³-hybridized carbons (Fsp3) is 0.800. The molecule has 1 saturated heterocycles. The molecule has 1 saturated carbocycles. The van der Waals surface area contributed by atoms with E-state index in [0.29, 0.717) is 25.4 Å². The summed E-state index contributed by atoms with van der Waals surface area (Å²) in [5.74, 6) is -0.0171. The van der Waals surface area contributed by atoms with E-state index in [1.807, 2.05) is 0 Å². The van der Waals surface area contributed by atoms with E-state index in [4.69, 9.17) is 5.11 Å². The maximum atomic E-state index is 12.8. The van der Waals surface area contributed by atoms with Crippen LogP contribution in [0.5, 0.6) is 0 Å². The number of aldehydes is 1. The Bertz CT molecular complexity index is 614. The minimum Gasteiger partial charge on any atom is -0.465 e. The first-order chi connectivity index (χ1) is 13.6. The van der Waals surface area contributed by atoms with E-state index >= 15 is 0 Å². The molecule has 0 spiro atoms. The van der Waals surface area contributed by atoms with E-state index in [0.717, 1.165) is 32.0 Å². The monoisotopic (exact) mass is 410 g/mol. The molecule has 9 heteroatoms. The molecule has 2 fully saturated rings. The number of carboxylic acid groups (broad SMARTS) is 1. The van der Waals surface area contributed by atoms with Crippen LogP contribution in [0, 0.1) is 17.3 Å². The molecule has 0 aromatic heterocycles. The van der Waals surface area contributed by atoms with Crippen LogP contribution in [0.4, 0.5) is 4.79 Å². The fourth-order valence-corrected chi connectivity index (χ4v) is 3.69. The molecule has 29 heavy (non-hydrogen) atoms. The molecule has 2 aliphatic rings. The number of carbonyl (C=O) groups is 4. The van der Waals surface area contributed by atoms with Crippen LogP contribution in [-0.4, -0.2) is 60.5 Å². The lowest BCUT2D eigenvalue weighted by Gasteiger charge is -2.31. The standard InChI is InChI=1S/C20H34N4O5/c1-20(2,3)16(24-19(28)29)18(27)23-14(8-12-4-5-12)10-22-15(11-25)9-13-6-7-21-17(13)26/h11-16,22,24H,4-10H2,1-3H3,(H,21,26)(H,23,27)(H,28,29). The normalized spacial score (nSPS) is 22.3. The second kappa shape index (κ2) is 10.0. The molecule has 164 valence electrons. The molecule has 0 aromatic carbocycles. The highest BCUT2D eigenvalue weighted by molar-refractivity contribution is 5.86. The summed E-state index contributed by atoms with van der Waals surface area (Å²) in [5.41, 5.74) is -0.582. The van der Waals surface area contributed by atoms with Crippen LogP contribution >= 0.6 is 0 Å². The number of rotatable bonds is 11. The molecule has 1 aliphatic heterocycles. The van der Waals surface area contributed by atoms with Crippen molar-refractivity contribution in [3.05, 3.63) is 0 Å². The van der Waals surface area contributed by atoms with E-state index in [1.165, 1.54) is 0 Å². The van der Waals surface area contributed by atoms with Crippen molar-refractivity contribution in [3.63, 3.8) is 0 Å². The van der Waals surface area contributed by atoms with Crippen molar-refractivity contribution in [2.24, 2.45) is 17.3 Å². The van der Waals surface area contributed by atoms with Gasteiger partial charge in [0, 0.05) is 25.0 Å². The zero-order valence-corrected chi connectivity index (χ0v) is 17.5.